The number of para-hydroxylation sites is 1. The molecule has 96 valence electrons. The molecule has 0 atom stereocenters. The number of benzene rings is 1. The molecule has 4 nitrogen and oxygen atoms in total. The lowest BCUT2D eigenvalue weighted by Gasteiger charge is -2.20. The molecule has 0 radical (unpaired) electrons. The van der Waals surface area contributed by atoms with Crippen molar-refractivity contribution in [1.29, 1.82) is 0 Å². The lowest BCUT2D eigenvalue weighted by molar-refractivity contribution is -0.137. The Labute approximate surface area is 108 Å². The summed E-state index contributed by atoms with van der Waals surface area (Å²) in [6.07, 6.45) is 0. The van der Waals surface area contributed by atoms with Crippen molar-refractivity contribution in [3.05, 3.63) is 33.4 Å². The smallest absolute Gasteiger partial charge is 0.323 e. The average molecular weight is 265 g/mol. The van der Waals surface area contributed by atoms with E-state index < -0.39 is 5.97 Å². The van der Waals surface area contributed by atoms with E-state index in [1.165, 1.54) is 4.57 Å². The minimum absolute atomic E-state index is 0.132. The van der Waals surface area contributed by atoms with E-state index in [-0.39, 0.29) is 16.8 Å². The molecule has 0 aliphatic carbocycles. The van der Waals surface area contributed by atoms with Crippen molar-refractivity contribution in [3.63, 3.8) is 0 Å². The van der Waals surface area contributed by atoms with Gasteiger partial charge in [0, 0.05) is 0 Å². The minimum atomic E-state index is -1.000. The van der Waals surface area contributed by atoms with Gasteiger partial charge in [-0.3, -0.25) is 14.2 Å². The largest absolute Gasteiger partial charge is 0.480 e. The zero-order valence-corrected chi connectivity index (χ0v) is 11.4. The van der Waals surface area contributed by atoms with Crippen LogP contribution in [0.4, 0.5) is 0 Å². The fourth-order valence-corrected chi connectivity index (χ4v) is 2.93. The third kappa shape index (κ3) is 2.18. The number of nitrogens with zero attached hydrogens (tertiary/aromatic N) is 1. The summed E-state index contributed by atoms with van der Waals surface area (Å²) in [5, 5.41) is 8.91. The molecule has 0 aliphatic rings. The Bertz CT molecular complexity index is 661. The predicted molar refractivity (Wildman–Crippen MR) is 72.4 cm³/mol. The van der Waals surface area contributed by atoms with Crippen molar-refractivity contribution in [2.24, 2.45) is 0 Å². The van der Waals surface area contributed by atoms with Gasteiger partial charge in [0.05, 0.1) is 10.2 Å². The van der Waals surface area contributed by atoms with Crippen LogP contribution in [-0.4, -0.2) is 15.6 Å². The first-order valence-corrected chi connectivity index (χ1v) is 6.47. The first-order valence-electron chi connectivity index (χ1n) is 5.65. The van der Waals surface area contributed by atoms with Gasteiger partial charge in [0.15, 0.2) is 0 Å². The molecular weight excluding hydrogens is 250 g/mol. The molecular formula is C13H15NO3S. The van der Waals surface area contributed by atoms with Crippen LogP contribution < -0.4 is 4.87 Å². The molecule has 2 aromatic rings. The highest BCUT2D eigenvalue weighted by molar-refractivity contribution is 7.16. The Hall–Kier alpha value is -1.62. The maximum Gasteiger partial charge on any atom is 0.323 e. The quantitative estimate of drug-likeness (QED) is 0.907. The second-order valence-corrected chi connectivity index (χ2v) is 6.24. The number of fused-ring (bicyclic) bond motifs is 1. The molecule has 1 heterocycles. The molecule has 1 N–H and O–H groups in total. The maximum atomic E-state index is 11.9. The van der Waals surface area contributed by atoms with Gasteiger partial charge >= 0.3 is 10.8 Å². The molecule has 1 aromatic heterocycles. The van der Waals surface area contributed by atoms with E-state index in [1.807, 2.05) is 18.2 Å². The first kappa shape index (κ1) is 12.8. The van der Waals surface area contributed by atoms with Gasteiger partial charge in [-0.1, -0.05) is 44.2 Å². The highest BCUT2D eigenvalue weighted by atomic mass is 32.1. The highest BCUT2D eigenvalue weighted by Gasteiger charge is 2.21. The van der Waals surface area contributed by atoms with Gasteiger partial charge in [-0.25, -0.2) is 0 Å². The van der Waals surface area contributed by atoms with Crippen LogP contribution in [0.15, 0.2) is 23.0 Å². The van der Waals surface area contributed by atoms with Gasteiger partial charge in [-0.05, 0) is 17.0 Å². The van der Waals surface area contributed by atoms with E-state index in [9.17, 15) is 9.59 Å². The standard InChI is InChI=1S/C13H15NO3S/c1-13(2,3)8-5-4-6-9-11(8)14(7-10(15)16)12(17)18-9/h4-6H,7H2,1-3H3,(H,15,16). The van der Waals surface area contributed by atoms with E-state index in [0.29, 0.717) is 0 Å². The third-order valence-corrected chi connectivity index (χ3v) is 3.73. The molecule has 0 unspecified atom stereocenters. The second kappa shape index (κ2) is 4.24. The van der Waals surface area contributed by atoms with Crippen molar-refractivity contribution < 1.29 is 9.90 Å². The van der Waals surface area contributed by atoms with E-state index >= 15 is 0 Å². The van der Waals surface area contributed by atoms with Gasteiger partial charge in [-0.2, -0.15) is 0 Å². The summed E-state index contributed by atoms with van der Waals surface area (Å²) in [7, 11) is 0. The van der Waals surface area contributed by atoms with Gasteiger partial charge in [0.1, 0.15) is 6.54 Å². The van der Waals surface area contributed by atoms with Crippen LogP contribution in [-0.2, 0) is 16.8 Å². The predicted octanol–water partition coefficient (Wildman–Crippen LogP) is 2.45. The molecule has 5 heteroatoms. The van der Waals surface area contributed by atoms with Crippen LogP contribution in [0.1, 0.15) is 26.3 Å². The summed E-state index contributed by atoms with van der Waals surface area (Å²) in [6, 6.07) is 5.71. The Kier molecular flexibility index (Phi) is 3.02. The van der Waals surface area contributed by atoms with Crippen molar-refractivity contribution in [2.45, 2.75) is 32.7 Å². The van der Waals surface area contributed by atoms with Crippen LogP contribution >= 0.6 is 11.3 Å². The summed E-state index contributed by atoms with van der Waals surface area (Å²) in [5.74, 6) is -1.000. The van der Waals surface area contributed by atoms with E-state index in [1.54, 1.807) is 0 Å². The Morgan fingerprint density at radius 2 is 2.06 bits per heavy atom. The molecule has 18 heavy (non-hydrogen) atoms. The van der Waals surface area contributed by atoms with Crippen LogP contribution in [0.25, 0.3) is 10.2 Å². The monoisotopic (exact) mass is 265 g/mol. The first-order chi connectivity index (χ1) is 8.30. The molecule has 0 spiro atoms. The second-order valence-electron chi connectivity index (χ2n) is 5.25. The Morgan fingerprint density at radius 3 is 2.61 bits per heavy atom. The van der Waals surface area contributed by atoms with E-state index in [0.717, 1.165) is 27.1 Å². The number of carboxylic acid groups (broad SMARTS) is 1. The summed E-state index contributed by atoms with van der Waals surface area (Å²) in [4.78, 5) is 22.5. The van der Waals surface area contributed by atoms with Crippen molar-refractivity contribution in [1.82, 2.24) is 4.57 Å². The summed E-state index contributed by atoms with van der Waals surface area (Å²) in [6.45, 7) is 5.87. The topological polar surface area (TPSA) is 59.3 Å². The number of hydrogen-bond acceptors (Lipinski definition) is 3. The number of aromatic nitrogens is 1. The van der Waals surface area contributed by atoms with Crippen LogP contribution in [0.5, 0.6) is 0 Å². The van der Waals surface area contributed by atoms with Gasteiger partial charge in [0.25, 0.3) is 0 Å². The molecule has 0 amide bonds. The number of thiazole rings is 1. The molecule has 2 rings (SSSR count). The molecule has 0 saturated carbocycles. The molecule has 0 bridgehead atoms. The third-order valence-electron chi connectivity index (χ3n) is 2.79. The minimum Gasteiger partial charge on any atom is -0.480 e. The zero-order chi connectivity index (χ0) is 13.5. The SMILES string of the molecule is CC(C)(C)c1cccc2sc(=O)n(CC(=O)O)c12. The zero-order valence-electron chi connectivity index (χ0n) is 10.6. The van der Waals surface area contributed by atoms with Crippen molar-refractivity contribution in [2.75, 3.05) is 0 Å². The van der Waals surface area contributed by atoms with E-state index in [4.69, 9.17) is 5.11 Å². The summed E-state index contributed by atoms with van der Waals surface area (Å²) in [5.41, 5.74) is 1.62. The van der Waals surface area contributed by atoms with Gasteiger partial charge < -0.3 is 5.11 Å². The summed E-state index contributed by atoms with van der Waals surface area (Å²) < 4.78 is 2.19. The van der Waals surface area contributed by atoms with Crippen molar-refractivity contribution >= 4 is 27.5 Å². The van der Waals surface area contributed by atoms with Crippen molar-refractivity contribution in [3.8, 4) is 0 Å². The van der Waals surface area contributed by atoms with Crippen LogP contribution in [0.2, 0.25) is 0 Å². The molecule has 0 saturated heterocycles. The highest BCUT2D eigenvalue weighted by Crippen LogP contribution is 2.30. The summed E-state index contributed by atoms with van der Waals surface area (Å²) >= 11 is 1.10. The maximum absolute atomic E-state index is 11.9. The number of hydrogen-bond donors (Lipinski definition) is 1. The molecule has 0 fully saturated rings. The van der Waals surface area contributed by atoms with Gasteiger partial charge in [-0.15, -0.1) is 0 Å². The Morgan fingerprint density at radius 1 is 1.39 bits per heavy atom. The van der Waals surface area contributed by atoms with Gasteiger partial charge in [0.2, 0.25) is 0 Å². The Balaban J connectivity index is 2.81. The number of rotatable bonds is 2. The molecule has 0 aliphatic heterocycles. The average Bonchev–Trinajstić information content (AvgIpc) is 2.53. The fraction of sp³-hybridized carbons (Fsp3) is 0.385. The number of carbonyl (C=O) groups is 1. The fourth-order valence-electron chi connectivity index (χ4n) is 2.01. The number of aliphatic carboxylic acids is 1. The lowest BCUT2D eigenvalue weighted by Crippen LogP contribution is -2.21. The van der Waals surface area contributed by atoms with E-state index in [2.05, 4.69) is 20.8 Å². The normalized spacial score (nSPS) is 11.9. The molecule has 1 aromatic carbocycles. The van der Waals surface area contributed by atoms with Crippen LogP contribution in [0, 0.1) is 0 Å². The lowest BCUT2D eigenvalue weighted by atomic mass is 9.86. The number of carboxylic acids is 1. The van der Waals surface area contributed by atoms with Crippen LogP contribution in [0.3, 0.4) is 0 Å².